The summed E-state index contributed by atoms with van der Waals surface area (Å²) in [6, 6.07) is 11.0. The molecular formula is C13H10N2OS2. The number of nitrogen functional groups attached to an aromatic ring is 1. The number of ketones is 1. The molecule has 1 aromatic carbocycles. The van der Waals surface area contributed by atoms with Gasteiger partial charge < -0.3 is 5.73 Å². The van der Waals surface area contributed by atoms with Gasteiger partial charge in [-0.1, -0.05) is 30.3 Å². The summed E-state index contributed by atoms with van der Waals surface area (Å²) < 4.78 is 0.786. The van der Waals surface area contributed by atoms with E-state index in [1.807, 2.05) is 12.3 Å². The van der Waals surface area contributed by atoms with Crippen molar-refractivity contribution in [1.82, 2.24) is 0 Å². The summed E-state index contributed by atoms with van der Waals surface area (Å²) >= 11 is 2.71. The van der Waals surface area contributed by atoms with Crippen LogP contribution in [-0.4, -0.2) is 12.0 Å². The number of nitrogens with zero attached hydrogens (tertiary/aromatic N) is 1. The van der Waals surface area contributed by atoms with Crippen molar-refractivity contribution < 1.29 is 4.79 Å². The third-order valence-electron chi connectivity index (χ3n) is 2.45. The van der Waals surface area contributed by atoms with Crippen LogP contribution in [0.4, 0.5) is 5.69 Å². The Morgan fingerprint density at radius 3 is 2.56 bits per heavy atom. The van der Waals surface area contributed by atoms with Crippen LogP contribution in [0.1, 0.15) is 20.8 Å². The fourth-order valence-electron chi connectivity index (χ4n) is 1.56. The van der Waals surface area contributed by atoms with Gasteiger partial charge in [-0.05, 0) is 6.26 Å². The lowest BCUT2D eigenvalue weighted by Crippen LogP contribution is -2.02. The van der Waals surface area contributed by atoms with Crippen LogP contribution in [0.25, 0.3) is 0 Å². The summed E-state index contributed by atoms with van der Waals surface area (Å²) in [6.45, 7) is 0. The van der Waals surface area contributed by atoms with E-state index in [9.17, 15) is 4.79 Å². The van der Waals surface area contributed by atoms with Crippen LogP contribution in [0, 0.1) is 11.3 Å². The summed E-state index contributed by atoms with van der Waals surface area (Å²) in [4.78, 5) is 12.7. The SMILES string of the molecule is CSc1sc(C(=O)c2ccccc2)c(N)c1C#N. The average Bonchev–Trinajstić information content (AvgIpc) is 2.75. The van der Waals surface area contributed by atoms with E-state index >= 15 is 0 Å². The quantitative estimate of drug-likeness (QED) is 0.689. The van der Waals surface area contributed by atoms with E-state index in [0.29, 0.717) is 21.7 Å². The molecule has 0 saturated carbocycles. The molecular weight excluding hydrogens is 264 g/mol. The van der Waals surface area contributed by atoms with Crippen LogP contribution >= 0.6 is 23.1 Å². The molecule has 0 aliphatic rings. The number of hydrogen-bond acceptors (Lipinski definition) is 5. The minimum absolute atomic E-state index is 0.130. The highest BCUT2D eigenvalue weighted by Gasteiger charge is 2.21. The van der Waals surface area contributed by atoms with Crippen LogP contribution in [0.15, 0.2) is 34.5 Å². The van der Waals surface area contributed by atoms with E-state index in [-0.39, 0.29) is 5.78 Å². The normalized spacial score (nSPS) is 10.0. The Bertz CT molecular complexity index is 626. The molecule has 2 rings (SSSR count). The molecule has 0 fully saturated rings. The Morgan fingerprint density at radius 2 is 2.06 bits per heavy atom. The van der Waals surface area contributed by atoms with Gasteiger partial charge in [0.2, 0.25) is 5.78 Å². The van der Waals surface area contributed by atoms with Crippen molar-refractivity contribution in [2.24, 2.45) is 0 Å². The lowest BCUT2D eigenvalue weighted by Gasteiger charge is -1.98. The molecule has 0 spiro atoms. The summed E-state index contributed by atoms with van der Waals surface area (Å²) in [7, 11) is 0. The first kappa shape index (κ1) is 12.7. The van der Waals surface area contributed by atoms with E-state index in [0.717, 1.165) is 4.21 Å². The Balaban J connectivity index is 2.50. The van der Waals surface area contributed by atoms with Gasteiger partial charge in [0.25, 0.3) is 0 Å². The second-order valence-corrected chi connectivity index (χ2v) is 5.61. The van der Waals surface area contributed by atoms with Crippen molar-refractivity contribution in [3.05, 3.63) is 46.3 Å². The van der Waals surface area contributed by atoms with Gasteiger partial charge in [0.1, 0.15) is 16.5 Å². The second-order valence-electron chi connectivity index (χ2n) is 3.52. The minimum atomic E-state index is -0.130. The van der Waals surface area contributed by atoms with Crippen molar-refractivity contribution >= 4 is 34.6 Å². The third kappa shape index (κ3) is 2.13. The highest BCUT2D eigenvalue weighted by atomic mass is 32.2. The first-order chi connectivity index (χ1) is 8.69. The summed E-state index contributed by atoms with van der Waals surface area (Å²) in [6.07, 6.45) is 1.86. The van der Waals surface area contributed by atoms with Crippen LogP contribution in [-0.2, 0) is 0 Å². The maximum absolute atomic E-state index is 12.3. The Morgan fingerprint density at radius 1 is 1.39 bits per heavy atom. The molecule has 0 radical (unpaired) electrons. The van der Waals surface area contributed by atoms with Gasteiger partial charge in [-0.2, -0.15) is 5.26 Å². The van der Waals surface area contributed by atoms with Gasteiger partial charge in [0.15, 0.2) is 0 Å². The lowest BCUT2D eigenvalue weighted by atomic mass is 10.1. The van der Waals surface area contributed by atoms with Crippen molar-refractivity contribution in [3.8, 4) is 6.07 Å². The Labute approximate surface area is 113 Å². The maximum atomic E-state index is 12.3. The van der Waals surface area contributed by atoms with Crippen molar-refractivity contribution in [3.63, 3.8) is 0 Å². The van der Waals surface area contributed by atoms with Crippen molar-refractivity contribution in [2.75, 3.05) is 12.0 Å². The van der Waals surface area contributed by atoms with E-state index in [2.05, 4.69) is 6.07 Å². The number of hydrogen-bond donors (Lipinski definition) is 1. The predicted molar refractivity (Wildman–Crippen MR) is 75.1 cm³/mol. The number of thioether (sulfide) groups is 1. The monoisotopic (exact) mass is 274 g/mol. The lowest BCUT2D eigenvalue weighted by molar-refractivity contribution is 0.104. The zero-order chi connectivity index (χ0) is 13.1. The fraction of sp³-hybridized carbons (Fsp3) is 0.0769. The molecule has 0 aliphatic carbocycles. The molecule has 0 aliphatic heterocycles. The molecule has 1 heterocycles. The number of anilines is 1. The second kappa shape index (κ2) is 5.25. The van der Waals surface area contributed by atoms with Crippen molar-refractivity contribution in [2.45, 2.75) is 4.21 Å². The number of benzene rings is 1. The van der Waals surface area contributed by atoms with E-state index in [4.69, 9.17) is 11.0 Å². The topological polar surface area (TPSA) is 66.9 Å². The van der Waals surface area contributed by atoms with Gasteiger partial charge in [0, 0.05) is 5.56 Å². The van der Waals surface area contributed by atoms with Gasteiger partial charge >= 0.3 is 0 Å². The molecule has 1 aromatic heterocycles. The highest BCUT2D eigenvalue weighted by molar-refractivity contribution is 8.00. The number of rotatable bonds is 3. The van der Waals surface area contributed by atoms with Crippen LogP contribution in [0.5, 0.6) is 0 Å². The minimum Gasteiger partial charge on any atom is -0.396 e. The number of nitrogens with two attached hydrogens (primary N) is 1. The molecule has 0 bridgehead atoms. The zero-order valence-corrected chi connectivity index (χ0v) is 11.3. The molecule has 3 nitrogen and oxygen atoms in total. The van der Waals surface area contributed by atoms with Gasteiger partial charge in [-0.25, -0.2) is 0 Å². The highest BCUT2D eigenvalue weighted by Crippen LogP contribution is 2.37. The first-order valence-corrected chi connectivity index (χ1v) is 7.19. The van der Waals surface area contributed by atoms with Gasteiger partial charge in [-0.3, -0.25) is 4.79 Å². The number of thiophene rings is 1. The summed E-state index contributed by atoms with van der Waals surface area (Å²) in [5.41, 5.74) is 7.17. The van der Waals surface area contributed by atoms with Crippen LogP contribution < -0.4 is 5.73 Å². The summed E-state index contributed by atoms with van der Waals surface area (Å²) in [5.74, 6) is -0.130. The standard InChI is InChI=1S/C13H10N2OS2/c1-17-13-9(7-14)10(15)12(18-13)11(16)8-5-3-2-4-6-8/h2-6H,15H2,1H3. The molecule has 0 atom stereocenters. The molecule has 0 saturated heterocycles. The molecule has 2 N–H and O–H groups in total. The van der Waals surface area contributed by atoms with E-state index in [1.165, 1.54) is 23.1 Å². The predicted octanol–water partition coefficient (Wildman–Crippen LogP) is 3.15. The number of nitriles is 1. The Hall–Kier alpha value is -1.77. The molecule has 2 aromatic rings. The maximum Gasteiger partial charge on any atom is 0.205 e. The van der Waals surface area contributed by atoms with Gasteiger partial charge in [0.05, 0.1) is 9.90 Å². The molecule has 90 valence electrons. The van der Waals surface area contributed by atoms with Gasteiger partial charge in [-0.15, -0.1) is 23.1 Å². The first-order valence-electron chi connectivity index (χ1n) is 5.15. The molecule has 18 heavy (non-hydrogen) atoms. The zero-order valence-electron chi connectivity index (χ0n) is 9.64. The summed E-state index contributed by atoms with van der Waals surface area (Å²) in [5, 5.41) is 9.05. The van der Waals surface area contributed by atoms with E-state index < -0.39 is 0 Å². The Kier molecular flexibility index (Phi) is 3.70. The number of carbonyl (C=O) groups excluding carboxylic acids is 1. The third-order valence-corrected chi connectivity index (χ3v) is 4.78. The smallest absolute Gasteiger partial charge is 0.205 e. The average molecular weight is 274 g/mol. The van der Waals surface area contributed by atoms with Crippen molar-refractivity contribution in [1.29, 1.82) is 5.26 Å². The molecule has 0 amide bonds. The molecule has 0 unspecified atom stereocenters. The van der Waals surface area contributed by atoms with Crippen LogP contribution in [0.3, 0.4) is 0 Å². The largest absolute Gasteiger partial charge is 0.396 e. The fourth-order valence-corrected chi connectivity index (χ4v) is 3.37. The molecule has 5 heteroatoms. The number of carbonyl (C=O) groups is 1. The van der Waals surface area contributed by atoms with Crippen LogP contribution in [0.2, 0.25) is 0 Å². The van der Waals surface area contributed by atoms with E-state index in [1.54, 1.807) is 24.3 Å².